The van der Waals surface area contributed by atoms with Crippen LogP contribution in [0.25, 0.3) is 0 Å². The molecule has 0 aliphatic heterocycles. The minimum atomic E-state index is -0.379. The van der Waals surface area contributed by atoms with Crippen LogP contribution in [0.4, 0.5) is 0 Å². The molecule has 1 saturated carbocycles. The fourth-order valence-corrected chi connectivity index (χ4v) is 3.19. The highest BCUT2D eigenvalue weighted by atomic mass is 79.9. The number of ether oxygens (including phenoxy) is 1. The molecule has 1 aliphatic rings. The minimum absolute atomic E-state index is 0.379. The molecule has 1 aromatic carbocycles. The normalized spacial score (nSPS) is 17.4. The molecule has 96 valence electrons. The van der Waals surface area contributed by atoms with Gasteiger partial charge in [0.1, 0.15) is 0 Å². The number of halogens is 1. The first-order valence-corrected chi connectivity index (χ1v) is 6.88. The molecule has 0 aromatic heterocycles. The molecular weight excluding hydrogens is 294 g/mol. The molecule has 2 rings (SSSR count). The Morgan fingerprint density at radius 1 is 1.44 bits per heavy atom. The molecule has 0 saturated heterocycles. The van der Waals surface area contributed by atoms with Crippen LogP contribution in [0.5, 0.6) is 0 Å². The number of isocyanates is 1. The van der Waals surface area contributed by atoms with Gasteiger partial charge >= 0.3 is 0 Å². The average molecular weight is 310 g/mol. The summed E-state index contributed by atoms with van der Waals surface area (Å²) in [6.07, 6.45) is 5.80. The highest BCUT2D eigenvalue weighted by molar-refractivity contribution is 9.10. The van der Waals surface area contributed by atoms with Crippen LogP contribution in [0.3, 0.4) is 0 Å². The van der Waals surface area contributed by atoms with Gasteiger partial charge < -0.3 is 4.74 Å². The van der Waals surface area contributed by atoms with E-state index in [9.17, 15) is 4.79 Å². The van der Waals surface area contributed by atoms with Crippen LogP contribution in [-0.2, 0) is 21.7 Å². The third-order valence-electron chi connectivity index (χ3n) is 3.56. The van der Waals surface area contributed by atoms with E-state index in [2.05, 4.69) is 20.9 Å². The van der Waals surface area contributed by atoms with Gasteiger partial charge in [0.2, 0.25) is 6.08 Å². The second-order valence-corrected chi connectivity index (χ2v) is 5.59. The van der Waals surface area contributed by atoms with Crippen molar-refractivity contribution in [1.82, 2.24) is 0 Å². The molecule has 1 fully saturated rings. The van der Waals surface area contributed by atoms with Gasteiger partial charge in [-0.3, -0.25) is 0 Å². The quantitative estimate of drug-likeness (QED) is 0.628. The molecule has 0 unspecified atom stereocenters. The minimum Gasteiger partial charge on any atom is -0.380 e. The number of carbonyl (C=O) groups excluding carboxylic acids is 1. The SMILES string of the molecule is COCc1cc(Br)ccc1C1(N=C=O)CCCC1. The number of rotatable bonds is 4. The van der Waals surface area contributed by atoms with Crippen LogP contribution in [0, 0.1) is 0 Å². The van der Waals surface area contributed by atoms with E-state index < -0.39 is 0 Å². The van der Waals surface area contributed by atoms with Crippen LogP contribution >= 0.6 is 15.9 Å². The van der Waals surface area contributed by atoms with Gasteiger partial charge in [-0.15, -0.1) is 0 Å². The smallest absolute Gasteiger partial charge is 0.235 e. The number of hydrogen-bond donors (Lipinski definition) is 0. The Balaban J connectivity index is 2.50. The number of aliphatic imine (C=N–C) groups is 1. The number of methoxy groups -OCH3 is 1. The lowest BCUT2D eigenvalue weighted by molar-refractivity contribution is 0.182. The lowest BCUT2D eigenvalue weighted by Crippen LogP contribution is -2.21. The van der Waals surface area contributed by atoms with Crippen molar-refractivity contribution in [3.05, 3.63) is 33.8 Å². The molecule has 1 aromatic rings. The van der Waals surface area contributed by atoms with Gasteiger partial charge in [-0.1, -0.05) is 34.8 Å². The van der Waals surface area contributed by atoms with Crippen molar-refractivity contribution in [3.8, 4) is 0 Å². The third kappa shape index (κ3) is 2.56. The maximum Gasteiger partial charge on any atom is 0.235 e. The van der Waals surface area contributed by atoms with Crippen LogP contribution < -0.4 is 0 Å². The van der Waals surface area contributed by atoms with E-state index in [4.69, 9.17) is 4.74 Å². The molecule has 0 amide bonds. The summed E-state index contributed by atoms with van der Waals surface area (Å²) in [7, 11) is 1.68. The molecule has 0 radical (unpaired) electrons. The molecule has 3 nitrogen and oxygen atoms in total. The first-order chi connectivity index (χ1) is 8.72. The van der Waals surface area contributed by atoms with Crippen molar-refractivity contribution in [2.24, 2.45) is 4.99 Å². The largest absolute Gasteiger partial charge is 0.380 e. The van der Waals surface area contributed by atoms with E-state index in [0.29, 0.717) is 6.61 Å². The van der Waals surface area contributed by atoms with Crippen LogP contribution in [0.15, 0.2) is 27.7 Å². The zero-order chi connectivity index (χ0) is 13.0. The highest BCUT2D eigenvalue weighted by Crippen LogP contribution is 2.44. The third-order valence-corrected chi connectivity index (χ3v) is 4.05. The fourth-order valence-electron chi connectivity index (χ4n) is 2.78. The van der Waals surface area contributed by atoms with Crippen LogP contribution in [0.2, 0.25) is 0 Å². The van der Waals surface area contributed by atoms with E-state index in [1.54, 1.807) is 13.2 Å². The van der Waals surface area contributed by atoms with E-state index in [-0.39, 0.29) is 5.54 Å². The van der Waals surface area contributed by atoms with Gasteiger partial charge in [0, 0.05) is 11.6 Å². The Labute approximate surface area is 115 Å². The standard InChI is InChI=1S/C14H16BrNO2/c1-18-9-11-8-12(15)4-5-13(11)14(16-10-17)6-2-3-7-14/h4-5,8H,2-3,6-7,9H2,1H3. The topological polar surface area (TPSA) is 38.7 Å². The summed E-state index contributed by atoms with van der Waals surface area (Å²) in [4.78, 5) is 14.9. The summed E-state index contributed by atoms with van der Waals surface area (Å²) >= 11 is 3.47. The highest BCUT2D eigenvalue weighted by Gasteiger charge is 2.37. The Kier molecular flexibility index (Phi) is 4.33. The molecule has 0 atom stereocenters. The lowest BCUT2D eigenvalue weighted by Gasteiger charge is -2.25. The van der Waals surface area contributed by atoms with Gasteiger partial charge in [-0.25, -0.2) is 4.79 Å². The second-order valence-electron chi connectivity index (χ2n) is 4.68. The fraction of sp³-hybridized carbons (Fsp3) is 0.500. The number of benzene rings is 1. The molecule has 0 heterocycles. The summed E-state index contributed by atoms with van der Waals surface area (Å²) in [5.74, 6) is 0. The molecular formula is C14H16BrNO2. The number of hydrogen-bond acceptors (Lipinski definition) is 3. The first kappa shape index (κ1) is 13.5. The van der Waals surface area contributed by atoms with Gasteiger partial charge in [-0.05, 0) is 36.1 Å². The van der Waals surface area contributed by atoms with E-state index in [0.717, 1.165) is 41.3 Å². The van der Waals surface area contributed by atoms with Gasteiger partial charge in [0.05, 0.1) is 12.1 Å². The van der Waals surface area contributed by atoms with E-state index in [1.807, 2.05) is 18.2 Å². The van der Waals surface area contributed by atoms with E-state index >= 15 is 0 Å². The average Bonchev–Trinajstić information content (AvgIpc) is 2.79. The lowest BCUT2D eigenvalue weighted by atomic mass is 9.85. The predicted molar refractivity (Wildman–Crippen MR) is 73.1 cm³/mol. The monoisotopic (exact) mass is 309 g/mol. The van der Waals surface area contributed by atoms with Crippen molar-refractivity contribution >= 4 is 22.0 Å². The van der Waals surface area contributed by atoms with Gasteiger partial charge in [0.15, 0.2) is 0 Å². The molecule has 18 heavy (non-hydrogen) atoms. The Morgan fingerprint density at radius 2 is 2.17 bits per heavy atom. The summed E-state index contributed by atoms with van der Waals surface area (Å²) in [6.45, 7) is 0.533. The van der Waals surface area contributed by atoms with E-state index in [1.165, 1.54) is 0 Å². The predicted octanol–water partition coefficient (Wildman–Crippen LogP) is 3.70. The van der Waals surface area contributed by atoms with Crippen LogP contribution in [-0.4, -0.2) is 13.2 Å². The first-order valence-electron chi connectivity index (χ1n) is 6.09. The van der Waals surface area contributed by atoms with Gasteiger partial charge in [-0.2, -0.15) is 4.99 Å². The Bertz CT molecular complexity index is 475. The van der Waals surface area contributed by atoms with Gasteiger partial charge in [0.25, 0.3) is 0 Å². The summed E-state index contributed by atoms with van der Waals surface area (Å²) in [5, 5.41) is 0. The second kappa shape index (κ2) is 5.79. The zero-order valence-corrected chi connectivity index (χ0v) is 12.0. The molecule has 0 N–H and O–H groups in total. The molecule has 0 bridgehead atoms. The van der Waals surface area contributed by atoms with Crippen molar-refractivity contribution < 1.29 is 9.53 Å². The van der Waals surface area contributed by atoms with Crippen molar-refractivity contribution in [1.29, 1.82) is 0 Å². The molecule has 4 heteroatoms. The molecule has 1 aliphatic carbocycles. The maximum absolute atomic E-state index is 10.7. The van der Waals surface area contributed by atoms with Crippen molar-refractivity contribution in [3.63, 3.8) is 0 Å². The maximum atomic E-state index is 10.7. The van der Waals surface area contributed by atoms with Crippen LogP contribution in [0.1, 0.15) is 36.8 Å². The summed E-state index contributed by atoms with van der Waals surface area (Å²) in [5.41, 5.74) is 1.82. The zero-order valence-electron chi connectivity index (χ0n) is 10.4. The molecule has 0 spiro atoms. The van der Waals surface area contributed by atoms with Crippen molar-refractivity contribution in [2.45, 2.75) is 37.8 Å². The summed E-state index contributed by atoms with van der Waals surface area (Å²) < 4.78 is 6.26. The Morgan fingerprint density at radius 3 is 2.78 bits per heavy atom. The summed E-state index contributed by atoms with van der Waals surface area (Å²) in [6, 6.07) is 6.08. The number of nitrogens with zero attached hydrogens (tertiary/aromatic N) is 1. The Hall–Kier alpha value is -0.960. The van der Waals surface area contributed by atoms with Crippen molar-refractivity contribution in [2.75, 3.05) is 7.11 Å².